The summed E-state index contributed by atoms with van der Waals surface area (Å²) in [5, 5.41) is 13.2. The Bertz CT molecular complexity index is 1390. The standard InChI is InChI=1S/C28H23NO5/c1-33-22-12-8-18(9-13-22)14-15-29-25(23-7-4-16-34-23)24(27(31)28(29)32)26(30)21-11-10-19-5-2-3-6-20(19)17-21/h2-13,16-17,25,30H,14-15H2,1H3/b26-24-. The second-order valence-electron chi connectivity index (χ2n) is 8.17. The van der Waals surface area contributed by atoms with Crippen molar-refractivity contribution in [2.75, 3.05) is 13.7 Å². The lowest BCUT2D eigenvalue weighted by atomic mass is 9.97. The fourth-order valence-corrected chi connectivity index (χ4v) is 4.39. The number of likely N-dealkylation sites (tertiary alicyclic amines) is 1. The van der Waals surface area contributed by atoms with Gasteiger partial charge in [-0.3, -0.25) is 9.59 Å². The molecule has 1 N–H and O–H groups in total. The van der Waals surface area contributed by atoms with Gasteiger partial charge in [0.1, 0.15) is 23.3 Å². The number of carbonyl (C=O) groups excluding carboxylic acids is 2. The third kappa shape index (κ3) is 3.83. The largest absolute Gasteiger partial charge is 0.507 e. The number of amides is 1. The molecule has 2 heterocycles. The van der Waals surface area contributed by atoms with Crippen molar-refractivity contribution in [2.45, 2.75) is 12.5 Å². The van der Waals surface area contributed by atoms with Crippen molar-refractivity contribution in [1.29, 1.82) is 0 Å². The molecule has 1 saturated heterocycles. The van der Waals surface area contributed by atoms with E-state index in [1.54, 1.807) is 25.3 Å². The molecule has 4 aromatic rings. The number of aliphatic hydroxyl groups excluding tert-OH is 1. The molecule has 1 unspecified atom stereocenters. The zero-order valence-corrected chi connectivity index (χ0v) is 18.6. The summed E-state index contributed by atoms with van der Waals surface area (Å²) in [5.74, 6) is -0.414. The molecule has 0 radical (unpaired) electrons. The topological polar surface area (TPSA) is 80.0 Å². The second kappa shape index (κ2) is 8.90. The molecular formula is C28H23NO5. The monoisotopic (exact) mass is 453 g/mol. The predicted octanol–water partition coefficient (Wildman–Crippen LogP) is 5.11. The summed E-state index contributed by atoms with van der Waals surface area (Å²) in [6.07, 6.45) is 2.03. The van der Waals surface area contributed by atoms with Crippen LogP contribution in [0.1, 0.15) is 22.9 Å². The highest BCUT2D eigenvalue weighted by Crippen LogP contribution is 2.40. The lowest BCUT2D eigenvalue weighted by Crippen LogP contribution is -2.31. The van der Waals surface area contributed by atoms with Gasteiger partial charge in [-0.15, -0.1) is 0 Å². The first-order valence-corrected chi connectivity index (χ1v) is 11.0. The van der Waals surface area contributed by atoms with E-state index in [4.69, 9.17) is 9.15 Å². The lowest BCUT2D eigenvalue weighted by molar-refractivity contribution is -0.140. The van der Waals surface area contributed by atoms with E-state index in [1.807, 2.05) is 60.7 Å². The maximum absolute atomic E-state index is 13.1. The molecule has 170 valence electrons. The van der Waals surface area contributed by atoms with Crippen molar-refractivity contribution in [3.8, 4) is 5.75 Å². The molecule has 1 aliphatic heterocycles. The molecular weight excluding hydrogens is 430 g/mol. The number of hydrogen-bond acceptors (Lipinski definition) is 5. The molecule has 6 nitrogen and oxygen atoms in total. The van der Waals surface area contributed by atoms with Gasteiger partial charge >= 0.3 is 0 Å². The third-order valence-electron chi connectivity index (χ3n) is 6.18. The summed E-state index contributed by atoms with van der Waals surface area (Å²) in [5.41, 5.74) is 1.50. The Morgan fingerprint density at radius 2 is 1.74 bits per heavy atom. The average molecular weight is 453 g/mol. The van der Waals surface area contributed by atoms with Crippen LogP contribution in [0.3, 0.4) is 0 Å². The van der Waals surface area contributed by atoms with E-state index in [0.29, 0.717) is 17.7 Å². The fraction of sp³-hybridized carbons (Fsp3) is 0.143. The van der Waals surface area contributed by atoms with Crippen molar-refractivity contribution < 1.29 is 23.8 Å². The third-order valence-corrected chi connectivity index (χ3v) is 6.18. The lowest BCUT2D eigenvalue weighted by Gasteiger charge is -2.23. The summed E-state index contributed by atoms with van der Waals surface area (Å²) >= 11 is 0. The van der Waals surface area contributed by atoms with Gasteiger partial charge in [0.15, 0.2) is 0 Å². The van der Waals surface area contributed by atoms with Crippen LogP contribution in [0.25, 0.3) is 16.5 Å². The molecule has 3 aromatic carbocycles. The van der Waals surface area contributed by atoms with Gasteiger partial charge in [-0.25, -0.2) is 0 Å². The Morgan fingerprint density at radius 3 is 2.44 bits per heavy atom. The Kier molecular flexibility index (Phi) is 5.64. The van der Waals surface area contributed by atoms with Crippen LogP contribution in [0.2, 0.25) is 0 Å². The maximum Gasteiger partial charge on any atom is 0.295 e. The normalized spacial score (nSPS) is 17.4. The first-order valence-electron chi connectivity index (χ1n) is 11.0. The minimum absolute atomic E-state index is 0.0324. The Labute approximate surface area is 196 Å². The van der Waals surface area contributed by atoms with Gasteiger partial charge in [0, 0.05) is 12.1 Å². The van der Waals surface area contributed by atoms with E-state index >= 15 is 0 Å². The van der Waals surface area contributed by atoms with Crippen molar-refractivity contribution in [3.63, 3.8) is 0 Å². The molecule has 6 heteroatoms. The summed E-state index contributed by atoms with van der Waals surface area (Å²) in [6.45, 7) is 0.288. The van der Waals surface area contributed by atoms with Crippen LogP contribution in [0, 0.1) is 0 Å². The Morgan fingerprint density at radius 1 is 0.971 bits per heavy atom. The SMILES string of the molecule is COc1ccc(CCN2C(=O)C(=O)/C(=C(\O)c3ccc4ccccc4c3)C2c2ccco2)cc1. The van der Waals surface area contributed by atoms with E-state index in [2.05, 4.69) is 0 Å². The smallest absolute Gasteiger partial charge is 0.295 e. The summed E-state index contributed by atoms with van der Waals surface area (Å²) < 4.78 is 10.8. The van der Waals surface area contributed by atoms with Crippen LogP contribution in [0.15, 0.2) is 95.1 Å². The molecule has 0 spiro atoms. The number of Topliss-reactive ketones (excluding diaryl/α,β-unsaturated/α-hetero) is 1. The minimum atomic E-state index is -0.806. The van der Waals surface area contributed by atoms with Gasteiger partial charge in [-0.1, -0.05) is 48.5 Å². The number of furan rings is 1. The number of ether oxygens (including phenoxy) is 1. The molecule has 0 bridgehead atoms. The van der Waals surface area contributed by atoms with E-state index in [-0.39, 0.29) is 17.9 Å². The number of benzene rings is 3. The number of methoxy groups -OCH3 is 1. The first-order chi connectivity index (χ1) is 16.6. The molecule has 1 atom stereocenters. The Balaban J connectivity index is 1.53. The van der Waals surface area contributed by atoms with Gasteiger partial charge in [0.25, 0.3) is 11.7 Å². The van der Waals surface area contributed by atoms with E-state index in [0.717, 1.165) is 22.1 Å². The van der Waals surface area contributed by atoms with Crippen LogP contribution in [0.4, 0.5) is 0 Å². The predicted molar refractivity (Wildman–Crippen MR) is 128 cm³/mol. The van der Waals surface area contributed by atoms with Crippen LogP contribution in [-0.2, 0) is 16.0 Å². The molecule has 0 saturated carbocycles. The summed E-state index contributed by atoms with van der Waals surface area (Å²) in [6, 6.07) is 23.4. The zero-order valence-electron chi connectivity index (χ0n) is 18.6. The van der Waals surface area contributed by atoms with Gasteiger partial charge in [-0.2, -0.15) is 0 Å². The Hall–Kier alpha value is -4.32. The number of ketones is 1. The van der Waals surface area contributed by atoms with Gasteiger partial charge in [-0.05, 0) is 53.1 Å². The van der Waals surface area contributed by atoms with Gasteiger partial charge in [0.05, 0.1) is 18.9 Å². The van der Waals surface area contributed by atoms with Crippen molar-refractivity contribution >= 4 is 28.2 Å². The van der Waals surface area contributed by atoms with E-state index in [9.17, 15) is 14.7 Å². The van der Waals surface area contributed by atoms with Crippen molar-refractivity contribution in [2.24, 2.45) is 0 Å². The van der Waals surface area contributed by atoms with Crippen molar-refractivity contribution in [1.82, 2.24) is 4.90 Å². The van der Waals surface area contributed by atoms with E-state index in [1.165, 1.54) is 11.2 Å². The van der Waals surface area contributed by atoms with Crippen LogP contribution in [0.5, 0.6) is 5.75 Å². The summed E-state index contributed by atoms with van der Waals surface area (Å²) in [4.78, 5) is 27.7. The van der Waals surface area contributed by atoms with E-state index < -0.39 is 17.7 Å². The molecule has 1 amide bonds. The van der Waals surface area contributed by atoms with Gasteiger partial charge < -0.3 is 19.2 Å². The highest BCUT2D eigenvalue weighted by Gasteiger charge is 2.47. The molecule has 1 aromatic heterocycles. The second-order valence-corrected chi connectivity index (χ2v) is 8.17. The van der Waals surface area contributed by atoms with Crippen LogP contribution in [-0.4, -0.2) is 35.4 Å². The molecule has 34 heavy (non-hydrogen) atoms. The zero-order chi connectivity index (χ0) is 23.7. The number of aliphatic hydroxyl groups is 1. The molecule has 1 aliphatic rings. The number of hydrogen-bond donors (Lipinski definition) is 1. The number of fused-ring (bicyclic) bond motifs is 1. The highest BCUT2D eigenvalue weighted by molar-refractivity contribution is 6.46. The number of rotatable bonds is 6. The van der Waals surface area contributed by atoms with Crippen molar-refractivity contribution in [3.05, 3.63) is 108 Å². The quantitative estimate of drug-likeness (QED) is 0.249. The van der Waals surface area contributed by atoms with Crippen LogP contribution >= 0.6 is 0 Å². The van der Waals surface area contributed by atoms with Gasteiger partial charge in [0.2, 0.25) is 0 Å². The molecule has 5 rings (SSSR count). The number of nitrogens with zero attached hydrogens (tertiary/aromatic N) is 1. The highest BCUT2D eigenvalue weighted by atomic mass is 16.5. The molecule has 1 fully saturated rings. The fourth-order valence-electron chi connectivity index (χ4n) is 4.39. The molecule has 0 aliphatic carbocycles. The average Bonchev–Trinajstić information content (AvgIpc) is 3.49. The minimum Gasteiger partial charge on any atom is -0.507 e. The number of carbonyl (C=O) groups is 2. The summed E-state index contributed by atoms with van der Waals surface area (Å²) in [7, 11) is 1.60. The first kappa shape index (κ1) is 21.5. The maximum atomic E-state index is 13.1. The van der Waals surface area contributed by atoms with Crippen LogP contribution < -0.4 is 4.74 Å².